The number of halogens is 2. The van der Waals surface area contributed by atoms with E-state index in [0.29, 0.717) is 30.4 Å². The van der Waals surface area contributed by atoms with Crippen molar-refractivity contribution in [2.75, 3.05) is 0 Å². The average Bonchev–Trinajstić information content (AvgIpc) is 2.17. The van der Waals surface area contributed by atoms with Crippen molar-refractivity contribution in [2.24, 2.45) is 5.11 Å². The lowest BCUT2D eigenvalue weighted by molar-refractivity contribution is 0.519. The third kappa shape index (κ3) is 1.92. The van der Waals surface area contributed by atoms with Gasteiger partial charge >= 0.3 is 0 Å². The first-order chi connectivity index (χ1) is 7.20. The van der Waals surface area contributed by atoms with Crippen LogP contribution in [0.15, 0.2) is 17.2 Å². The summed E-state index contributed by atoms with van der Waals surface area (Å²) in [5, 5.41) is 3.58. The number of rotatable bonds is 1. The van der Waals surface area contributed by atoms with E-state index in [-0.39, 0.29) is 6.04 Å². The van der Waals surface area contributed by atoms with Gasteiger partial charge in [0.05, 0.1) is 0 Å². The fraction of sp³-hybridized carbons (Fsp3) is 0.400. The van der Waals surface area contributed by atoms with Crippen LogP contribution in [0.4, 0.5) is 8.78 Å². The molecule has 0 spiro atoms. The zero-order valence-electron chi connectivity index (χ0n) is 7.95. The SMILES string of the molecule is [N-]=[N+]=N[C@H]1CCc2c(F)cc(F)cc2C1. The summed E-state index contributed by atoms with van der Waals surface area (Å²) in [6, 6.07) is 2.04. The van der Waals surface area contributed by atoms with E-state index in [4.69, 9.17) is 5.53 Å². The molecule has 0 heterocycles. The molecule has 0 unspecified atom stereocenters. The highest BCUT2D eigenvalue weighted by atomic mass is 19.1. The van der Waals surface area contributed by atoms with E-state index in [1.165, 1.54) is 6.07 Å². The first-order valence-electron chi connectivity index (χ1n) is 4.71. The fourth-order valence-corrected chi connectivity index (χ4v) is 1.96. The van der Waals surface area contributed by atoms with Crippen LogP contribution in [0, 0.1) is 11.6 Å². The third-order valence-electron chi connectivity index (χ3n) is 2.65. The van der Waals surface area contributed by atoms with Crippen LogP contribution < -0.4 is 0 Å². The Hall–Kier alpha value is -1.61. The third-order valence-corrected chi connectivity index (χ3v) is 2.65. The van der Waals surface area contributed by atoms with Crippen LogP contribution in [0.1, 0.15) is 17.5 Å². The van der Waals surface area contributed by atoms with E-state index in [9.17, 15) is 8.78 Å². The lowest BCUT2D eigenvalue weighted by atomic mass is 9.88. The first kappa shape index (κ1) is 9.93. The average molecular weight is 209 g/mol. The largest absolute Gasteiger partial charge is 0.207 e. The molecular weight excluding hydrogens is 200 g/mol. The van der Waals surface area contributed by atoms with E-state index in [0.717, 1.165) is 6.07 Å². The van der Waals surface area contributed by atoms with Crippen molar-refractivity contribution in [2.45, 2.75) is 25.3 Å². The van der Waals surface area contributed by atoms with Gasteiger partial charge in [-0.05, 0) is 42.0 Å². The number of benzene rings is 1. The Morgan fingerprint density at radius 3 is 2.93 bits per heavy atom. The molecule has 0 aromatic heterocycles. The summed E-state index contributed by atoms with van der Waals surface area (Å²) >= 11 is 0. The van der Waals surface area contributed by atoms with Gasteiger partial charge in [0.2, 0.25) is 0 Å². The zero-order valence-corrected chi connectivity index (χ0v) is 7.95. The van der Waals surface area contributed by atoms with E-state index >= 15 is 0 Å². The van der Waals surface area contributed by atoms with Crippen molar-refractivity contribution in [1.82, 2.24) is 0 Å². The Bertz CT molecular complexity index is 439. The van der Waals surface area contributed by atoms with Crippen molar-refractivity contribution >= 4 is 0 Å². The van der Waals surface area contributed by atoms with E-state index in [1.54, 1.807) is 0 Å². The molecule has 0 saturated heterocycles. The molecule has 1 aromatic rings. The van der Waals surface area contributed by atoms with Gasteiger partial charge < -0.3 is 0 Å². The molecule has 0 bridgehead atoms. The molecule has 0 amide bonds. The Balaban J connectivity index is 2.37. The summed E-state index contributed by atoms with van der Waals surface area (Å²) in [4.78, 5) is 2.71. The van der Waals surface area contributed by atoms with Crippen molar-refractivity contribution in [3.63, 3.8) is 0 Å². The Labute approximate surface area is 85.4 Å². The van der Waals surface area contributed by atoms with Gasteiger partial charge in [-0.1, -0.05) is 5.11 Å². The summed E-state index contributed by atoms with van der Waals surface area (Å²) in [5.41, 5.74) is 9.46. The van der Waals surface area contributed by atoms with Gasteiger partial charge in [0.1, 0.15) is 11.6 Å². The number of hydrogen-bond donors (Lipinski definition) is 0. The number of hydrogen-bond acceptors (Lipinski definition) is 1. The maximum atomic E-state index is 13.3. The minimum atomic E-state index is -0.576. The highest BCUT2D eigenvalue weighted by Crippen LogP contribution is 2.26. The maximum Gasteiger partial charge on any atom is 0.129 e. The number of azide groups is 1. The molecular formula is C10H9F2N3. The lowest BCUT2D eigenvalue weighted by Crippen LogP contribution is -2.18. The predicted molar refractivity (Wildman–Crippen MR) is 51.3 cm³/mol. The van der Waals surface area contributed by atoms with Gasteiger partial charge in [-0.3, -0.25) is 0 Å². The molecule has 0 aliphatic heterocycles. The van der Waals surface area contributed by atoms with Crippen molar-refractivity contribution in [3.8, 4) is 0 Å². The Morgan fingerprint density at radius 2 is 2.20 bits per heavy atom. The molecule has 2 rings (SSSR count). The molecule has 0 fully saturated rings. The second-order valence-corrected chi connectivity index (χ2v) is 3.63. The maximum absolute atomic E-state index is 13.3. The van der Waals surface area contributed by atoms with Gasteiger partial charge in [0.25, 0.3) is 0 Å². The second-order valence-electron chi connectivity index (χ2n) is 3.63. The highest BCUT2D eigenvalue weighted by Gasteiger charge is 2.21. The topological polar surface area (TPSA) is 48.8 Å². The molecule has 0 saturated carbocycles. The van der Waals surface area contributed by atoms with Crippen molar-refractivity contribution in [1.29, 1.82) is 0 Å². The van der Waals surface area contributed by atoms with Crippen LogP contribution in [0.2, 0.25) is 0 Å². The second kappa shape index (κ2) is 3.87. The molecule has 0 N–H and O–H groups in total. The van der Waals surface area contributed by atoms with Gasteiger partial charge in [-0.2, -0.15) is 0 Å². The molecule has 1 aliphatic rings. The van der Waals surface area contributed by atoms with Crippen LogP contribution in [0.3, 0.4) is 0 Å². The van der Waals surface area contributed by atoms with Crippen LogP contribution in [0.5, 0.6) is 0 Å². The van der Waals surface area contributed by atoms with Gasteiger partial charge in [-0.15, -0.1) is 0 Å². The molecule has 78 valence electrons. The molecule has 3 nitrogen and oxygen atoms in total. The van der Waals surface area contributed by atoms with Crippen LogP contribution in [0.25, 0.3) is 10.4 Å². The van der Waals surface area contributed by atoms with Crippen LogP contribution >= 0.6 is 0 Å². The summed E-state index contributed by atoms with van der Waals surface area (Å²) in [5.74, 6) is -1.07. The molecule has 5 heteroatoms. The molecule has 15 heavy (non-hydrogen) atoms. The van der Waals surface area contributed by atoms with Gasteiger partial charge in [0.15, 0.2) is 0 Å². The highest BCUT2D eigenvalue weighted by molar-refractivity contribution is 5.32. The smallest absolute Gasteiger partial charge is 0.129 e. The predicted octanol–water partition coefficient (Wildman–Crippen LogP) is 3.13. The minimum absolute atomic E-state index is 0.177. The fourth-order valence-electron chi connectivity index (χ4n) is 1.96. The quantitative estimate of drug-likeness (QED) is 0.387. The van der Waals surface area contributed by atoms with E-state index in [2.05, 4.69) is 10.0 Å². The first-order valence-corrected chi connectivity index (χ1v) is 4.71. The normalized spacial score (nSPS) is 19.2. The summed E-state index contributed by atoms with van der Waals surface area (Å²) < 4.78 is 26.2. The summed E-state index contributed by atoms with van der Waals surface area (Å²) in [7, 11) is 0. The molecule has 1 aromatic carbocycles. The summed E-state index contributed by atoms with van der Waals surface area (Å²) in [6.07, 6.45) is 1.55. The zero-order chi connectivity index (χ0) is 10.8. The molecule has 0 radical (unpaired) electrons. The number of fused-ring (bicyclic) bond motifs is 1. The van der Waals surface area contributed by atoms with Gasteiger partial charge in [0, 0.05) is 17.0 Å². The monoisotopic (exact) mass is 209 g/mol. The van der Waals surface area contributed by atoms with E-state index < -0.39 is 11.6 Å². The van der Waals surface area contributed by atoms with Crippen molar-refractivity contribution in [3.05, 3.63) is 45.3 Å². The standard InChI is InChI=1S/C10H9F2N3/c11-7-3-6-4-8(14-15-13)1-2-9(6)10(12)5-7/h3,5,8H,1-2,4H2/t8-/m0/s1. The molecule has 1 atom stereocenters. The lowest BCUT2D eigenvalue weighted by Gasteiger charge is -2.21. The Morgan fingerprint density at radius 1 is 1.40 bits per heavy atom. The number of nitrogens with zero attached hydrogens (tertiary/aromatic N) is 3. The van der Waals surface area contributed by atoms with Crippen LogP contribution in [-0.4, -0.2) is 6.04 Å². The van der Waals surface area contributed by atoms with Crippen molar-refractivity contribution < 1.29 is 8.78 Å². The van der Waals surface area contributed by atoms with E-state index in [1.807, 2.05) is 0 Å². The Kier molecular flexibility index (Phi) is 2.56. The summed E-state index contributed by atoms with van der Waals surface area (Å²) in [6.45, 7) is 0. The van der Waals surface area contributed by atoms with Crippen LogP contribution in [-0.2, 0) is 12.8 Å². The molecule has 1 aliphatic carbocycles. The van der Waals surface area contributed by atoms with Gasteiger partial charge in [-0.25, -0.2) is 8.78 Å². The minimum Gasteiger partial charge on any atom is -0.207 e.